The molecule has 3 aliphatic carbocycles. The monoisotopic (exact) mass is 446 g/mol. The van der Waals surface area contributed by atoms with Crippen molar-refractivity contribution in [1.29, 1.82) is 0 Å². The van der Waals surface area contributed by atoms with Gasteiger partial charge in [0.1, 0.15) is 12.2 Å². The summed E-state index contributed by atoms with van der Waals surface area (Å²) in [7, 11) is 0. The Labute approximate surface area is 196 Å². The van der Waals surface area contributed by atoms with Gasteiger partial charge in [-0.2, -0.15) is 0 Å². The molecule has 5 rings (SSSR count). The van der Waals surface area contributed by atoms with E-state index in [4.69, 9.17) is 9.47 Å². The van der Waals surface area contributed by atoms with E-state index >= 15 is 0 Å². The zero-order valence-electron chi connectivity index (χ0n) is 19.8. The lowest BCUT2D eigenvalue weighted by molar-refractivity contribution is -0.0951. The fourth-order valence-corrected chi connectivity index (χ4v) is 6.79. The molecule has 7 unspecified atom stereocenters. The molecule has 33 heavy (non-hydrogen) atoms. The molecule has 2 aromatic carbocycles. The molecule has 0 aliphatic heterocycles. The SMILES string of the molecule is CC(C)(C)C1CCC2C(C1)C1CC2C(OC(=O)c2ccccc2)C1OC(=O)c1ccccc1. The highest BCUT2D eigenvalue weighted by atomic mass is 16.6. The lowest BCUT2D eigenvalue weighted by atomic mass is 9.61. The number of rotatable bonds is 4. The maximum atomic E-state index is 13.0. The number of benzene rings is 2. The van der Waals surface area contributed by atoms with Crippen LogP contribution in [0.3, 0.4) is 0 Å². The molecule has 7 atom stereocenters. The summed E-state index contributed by atoms with van der Waals surface area (Å²) in [5, 5.41) is 0. The molecule has 3 fully saturated rings. The van der Waals surface area contributed by atoms with Crippen molar-refractivity contribution in [2.45, 2.75) is 58.7 Å². The van der Waals surface area contributed by atoms with Crippen LogP contribution in [0.15, 0.2) is 60.7 Å². The first-order valence-electron chi connectivity index (χ1n) is 12.3. The van der Waals surface area contributed by atoms with Gasteiger partial charge in [-0.3, -0.25) is 0 Å². The van der Waals surface area contributed by atoms with Crippen LogP contribution in [0.25, 0.3) is 0 Å². The minimum Gasteiger partial charge on any atom is -0.455 e. The van der Waals surface area contributed by atoms with Crippen molar-refractivity contribution in [3.05, 3.63) is 71.8 Å². The van der Waals surface area contributed by atoms with Crippen LogP contribution >= 0.6 is 0 Å². The third-order valence-corrected chi connectivity index (χ3v) is 8.50. The largest absolute Gasteiger partial charge is 0.455 e. The second-order valence-corrected chi connectivity index (χ2v) is 11.2. The van der Waals surface area contributed by atoms with Gasteiger partial charge >= 0.3 is 11.9 Å². The van der Waals surface area contributed by atoms with Crippen molar-refractivity contribution < 1.29 is 19.1 Å². The highest BCUT2D eigenvalue weighted by Gasteiger charge is 2.62. The second-order valence-electron chi connectivity index (χ2n) is 11.2. The summed E-state index contributed by atoms with van der Waals surface area (Å²) in [6, 6.07) is 18.2. The Morgan fingerprint density at radius 3 is 1.64 bits per heavy atom. The van der Waals surface area contributed by atoms with E-state index in [2.05, 4.69) is 20.8 Å². The van der Waals surface area contributed by atoms with E-state index in [0.717, 1.165) is 6.42 Å². The first kappa shape index (κ1) is 22.2. The normalized spacial score (nSPS) is 32.8. The number of carbonyl (C=O) groups is 2. The molecule has 4 nitrogen and oxygen atoms in total. The predicted octanol–water partition coefficient (Wildman–Crippen LogP) is 6.17. The van der Waals surface area contributed by atoms with Gasteiger partial charge in [-0.05, 0) is 73.1 Å². The molecule has 174 valence electrons. The van der Waals surface area contributed by atoms with Crippen LogP contribution in [0, 0.1) is 35.0 Å². The van der Waals surface area contributed by atoms with E-state index in [1.807, 2.05) is 36.4 Å². The second kappa shape index (κ2) is 8.62. The summed E-state index contributed by atoms with van der Waals surface area (Å²) < 4.78 is 12.2. The lowest BCUT2D eigenvalue weighted by Gasteiger charge is -2.47. The number of hydrogen-bond acceptors (Lipinski definition) is 4. The smallest absolute Gasteiger partial charge is 0.338 e. The molecule has 0 heterocycles. The Bertz CT molecular complexity index is 993. The number of hydrogen-bond donors (Lipinski definition) is 0. The molecule has 0 aromatic heterocycles. The van der Waals surface area contributed by atoms with Gasteiger partial charge in [-0.15, -0.1) is 0 Å². The fraction of sp³-hybridized carbons (Fsp3) is 0.517. The molecule has 3 aliphatic rings. The summed E-state index contributed by atoms with van der Waals surface area (Å²) in [6.07, 6.45) is 3.80. The predicted molar refractivity (Wildman–Crippen MR) is 127 cm³/mol. The van der Waals surface area contributed by atoms with Gasteiger partial charge in [0.25, 0.3) is 0 Å². The highest BCUT2D eigenvalue weighted by molar-refractivity contribution is 5.90. The Morgan fingerprint density at radius 2 is 1.15 bits per heavy atom. The van der Waals surface area contributed by atoms with Crippen LogP contribution in [-0.2, 0) is 9.47 Å². The third-order valence-electron chi connectivity index (χ3n) is 8.50. The molecule has 0 N–H and O–H groups in total. The Hall–Kier alpha value is -2.62. The van der Waals surface area contributed by atoms with Crippen LogP contribution < -0.4 is 0 Å². The molecule has 0 saturated heterocycles. The van der Waals surface area contributed by atoms with Gasteiger partial charge in [-0.25, -0.2) is 9.59 Å². The van der Waals surface area contributed by atoms with Gasteiger partial charge < -0.3 is 9.47 Å². The number of carbonyl (C=O) groups excluding carboxylic acids is 2. The summed E-state index contributed by atoms with van der Waals surface area (Å²) in [6.45, 7) is 7.01. The number of ether oxygens (including phenoxy) is 2. The average molecular weight is 447 g/mol. The van der Waals surface area contributed by atoms with Crippen molar-refractivity contribution in [1.82, 2.24) is 0 Å². The van der Waals surface area contributed by atoms with Crippen molar-refractivity contribution in [3.8, 4) is 0 Å². The van der Waals surface area contributed by atoms with Gasteiger partial charge in [0.2, 0.25) is 0 Å². The third kappa shape index (κ3) is 4.20. The van der Waals surface area contributed by atoms with Crippen molar-refractivity contribution in [2.75, 3.05) is 0 Å². The summed E-state index contributed by atoms with van der Waals surface area (Å²) >= 11 is 0. The number of esters is 2. The molecule has 0 radical (unpaired) electrons. The van der Waals surface area contributed by atoms with Crippen LogP contribution in [-0.4, -0.2) is 24.1 Å². The summed E-state index contributed by atoms with van der Waals surface area (Å²) in [4.78, 5) is 26.0. The van der Waals surface area contributed by atoms with E-state index < -0.39 is 0 Å². The first-order valence-corrected chi connectivity index (χ1v) is 12.3. The Morgan fingerprint density at radius 1 is 0.667 bits per heavy atom. The minimum atomic E-state index is -0.379. The number of fused-ring (bicyclic) bond motifs is 5. The van der Waals surface area contributed by atoms with E-state index in [1.54, 1.807) is 24.3 Å². The fourth-order valence-electron chi connectivity index (χ4n) is 6.79. The molecule has 3 saturated carbocycles. The molecule has 0 amide bonds. The Kier molecular flexibility index (Phi) is 5.80. The highest BCUT2D eigenvalue weighted by Crippen LogP contribution is 2.61. The zero-order valence-corrected chi connectivity index (χ0v) is 19.8. The van der Waals surface area contributed by atoms with E-state index in [0.29, 0.717) is 28.9 Å². The lowest BCUT2D eigenvalue weighted by Crippen LogP contribution is -2.49. The standard InChI is InChI=1S/C29H34O4/c1-29(2,3)20-14-15-21-22(16-20)24-17-23(21)25(32-27(30)18-10-6-4-7-11-18)26(24)33-28(31)19-12-8-5-9-13-19/h4-13,20-26H,14-17H2,1-3H3. The van der Waals surface area contributed by atoms with E-state index in [9.17, 15) is 9.59 Å². The van der Waals surface area contributed by atoms with Crippen molar-refractivity contribution >= 4 is 11.9 Å². The zero-order chi connectivity index (χ0) is 23.2. The van der Waals surface area contributed by atoms with Gasteiger partial charge in [-0.1, -0.05) is 57.2 Å². The van der Waals surface area contributed by atoms with Gasteiger partial charge in [0.05, 0.1) is 11.1 Å². The van der Waals surface area contributed by atoms with Crippen LogP contribution in [0.4, 0.5) is 0 Å². The van der Waals surface area contributed by atoms with Crippen LogP contribution in [0.1, 0.15) is 67.2 Å². The van der Waals surface area contributed by atoms with Crippen LogP contribution in [0.2, 0.25) is 0 Å². The molecular formula is C29H34O4. The first-order chi connectivity index (χ1) is 15.8. The summed E-state index contributed by atoms with van der Waals surface area (Å²) in [5.74, 6) is 1.63. The molecule has 2 bridgehead atoms. The summed E-state index contributed by atoms with van der Waals surface area (Å²) in [5.41, 5.74) is 1.37. The minimum absolute atomic E-state index is 0.256. The van der Waals surface area contributed by atoms with Crippen molar-refractivity contribution in [2.24, 2.45) is 35.0 Å². The average Bonchev–Trinajstić information content (AvgIpc) is 3.36. The maximum absolute atomic E-state index is 13.0. The van der Waals surface area contributed by atoms with E-state index in [-0.39, 0.29) is 41.4 Å². The maximum Gasteiger partial charge on any atom is 0.338 e. The molecule has 4 heteroatoms. The van der Waals surface area contributed by atoms with Gasteiger partial charge in [0, 0.05) is 11.8 Å². The van der Waals surface area contributed by atoms with Crippen molar-refractivity contribution in [3.63, 3.8) is 0 Å². The quantitative estimate of drug-likeness (QED) is 0.527. The van der Waals surface area contributed by atoms with Crippen LogP contribution in [0.5, 0.6) is 0 Å². The molecule has 0 spiro atoms. The molecule has 2 aromatic rings. The Balaban J connectivity index is 1.40. The van der Waals surface area contributed by atoms with E-state index in [1.165, 1.54) is 19.3 Å². The van der Waals surface area contributed by atoms with Gasteiger partial charge in [0.15, 0.2) is 0 Å². The molecular weight excluding hydrogens is 412 g/mol. The topological polar surface area (TPSA) is 52.6 Å².